The fourth-order valence-corrected chi connectivity index (χ4v) is 3.00. The lowest BCUT2D eigenvalue weighted by Crippen LogP contribution is -2.13. The first-order chi connectivity index (χ1) is 12.0. The summed E-state index contributed by atoms with van der Waals surface area (Å²) < 4.78 is 26.7. The number of benzene rings is 3. The van der Waals surface area contributed by atoms with Gasteiger partial charge < -0.3 is 10.4 Å². The van der Waals surface area contributed by atoms with Crippen molar-refractivity contribution in [1.82, 2.24) is 0 Å². The van der Waals surface area contributed by atoms with Crippen LogP contribution in [0.25, 0.3) is 10.8 Å². The maximum Gasteiger partial charge on any atom is 0.259 e. The molecule has 1 amide bonds. The van der Waals surface area contributed by atoms with E-state index in [1.54, 1.807) is 18.2 Å². The summed E-state index contributed by atoms with van der Waals surface area (Å²) in [6.07, 6.45) is 0. The average molecular weight is 380 g/mol. The van der Waals surface area contributed by atoms with Crippen molar-refractivity contribution < 1.29 is 23.0 Å². The van der Waals surface area contributed by atoms with E-state index >= 15 is 0 Å². The number of halogens is 2. The lowest BCUT2D eigenvalue weighted by atomic mass is 10.0. The molecule has 128 valence electrons. The van der Waals surface area contributed by atoms with E-state index in [4.69, 9.17) is 11.6 Å². The number of carbonyl (C=O) groups is 1. The summed E-state index contributed by atoms with van der Waals surface area (Å²) in [4.78, 5) is 12.5. The molecule has 0 aliphatic heterocycles. The Morgan fingerprint density at radius 3 is 2.68 bits per heavy atom. The predicted octanol–water partition coefficient (Wildman–Crippen LogP) is 4.37. The molecule has 0 heterocycles. The molecule has 25 heavy (non-hydrogen) atoms. The molecule has 0 aliphatic carbocycles. The number of anilines is 1. The number of carbonyl (C=O) groups excluding carboxylic acids is 1. The number of phenolic OH excluding ortho intramolecular Hbond substituents is 1. The van der Waals surface area contributed by atoms with Gasteiger partial charge in [-0.15, -0.1) is 0 Å². The molecule has 0 aliphatic rings. The molecule has 8 heteroatoms. The topological polar surface area (TPSA) is 75.6 Å². The molecule has 0 unspecified atom stereocenters. The highest BCUT2D eigenvalue weighted by atomic mass is 35.5. The first-order valence-electron chi connectivity index (χ1n) is 7.03. The van der Waals surface area contributed by atoms with Crippen LogP contribution in [0.3, 0.4) is 0 Å². The minimum Gasteiger partial charge on any atom is -0.506 e. The van der Waals surface area contributed by atoms with Crippen LogP contribution in [0.1, 0.15) is 10.4 Å². The summed E-state index contributed by atoms with van der Waals surface area (Å²) in [6.45, 7) is 0. The molecule has 0 spiro atoms. The minimum atomic E-state index is -2.32. The normalized spacial score (nSPS) is 12.1. The third kappa shape index (κ3) is 3.48. The second-order valence-electron chi connectivity index (χ2n) is 5.08. The molecule has 5 nitrogen and oxygen atoms in total. The fraction of sp³-hybridized carbons (Fsp3) is 0. The highest BCUT2D eigenvalue weighted by Gasteiger charge is 2.16. The Balaban J connectivity index is 1.95. The number of hydrogen-bond donors (Lipinski definition) is 2. The van der Waals surface area contributed by atoms with Crippen LogP contribution >= 0.6 is 11.6 Å². The van der Waals surface area contributed by atoms with Gasteiger partial charge >= 0.3 is 0 Å². The van der Waals surface area contributed by atoms with Gasteiger partial charge in [-0.25, -0.2) is 4.21 Å². The van der Waals surface area contributed by atoms with E-state index in [2.05, 4.69) is 9.70 Å². The highest BCUT2D eigenvalue weighted by molar-refractivity contribution is 7.80. The van der Waals surface area contributed by atoms with Crippen LogP contribution in [0.4, 0.5) is 10.2 Å². The van der Waals surface area contributed by atoms with Crippen LogP contribution < -0.4 is 5.32 Å². The minimum absolute atomic E-state index is 0.00932. The van der Waals surface area contributed by atoms with Gasteiger partial charge in [0.15, 0.2) is 0 Å². The molecule has 3 aromatic rings. The van der Waals surface area contributed by atoms with E-state index in [1.807, 2.05) is 12.1 Å². The number of amides is 1. The molecule has 0 radical (unpaired) electrons. The number of hydrogen-bond acceptors (Lipinski definition) is 4. The van der Waals surface area contributed by atoms with Crippen LogP contribution in [0, 0.1) is 0 Å². The summed E-state index contributed by atoms with van der Waals surface area (Å²) in [5, 5.41) is 14.3. The number of aromatic hydroxyl groups is 1. The quantitative estimate of drug-likeness (QED) is 0.705. The molecule has 3 aromatic carbocycles. The van der Waals surface area contributed by atoms with E-state index in [0.717, 1.165) is 5.39 Å². The zero-order chi connectivity index (χ0) is 18.0. The van der Waals surface area contributed by atoms with Crippen LogP contribution in [-0.2, 0) is 15.5 Å². The SMILES string of the molecule is O=C(Nc1cc([S@](=O)OF)ccc1Cl)c1ccc2ccccc2c1O. The van der Waals surface area contributed by atoms with Gasteiger partial charge in [0, 0.05) is 5.39 Å². The molecule has 1 atom stereocenters. The van der Waals surface area contributed by atoms with Gasteiger partial charge in [0.1, 0.15) is 5.75 Å². The van der Waals surface area contributed by atoms with Crippen molar-refractivity contribution in [2.75, 3.05) is 5.32 Å². The summed E-state index contributed by atoms with van der Waals surface area (Å²) in [7, 11) is 0. The fourth-order valence-electron chi connectivity index (χ4n) is 2.37. The van der Waals surface area contributed by atoms with Crippen molar-refractivity contribution in [3.8, 4) is 5.75 Å². The third-order valence-electron chi connectivity index (χ3n) is 3.58. The second kappa shape index (κ2) is 7.18. The van der Waals surface area contributed by atoms with E-state index in [1.165, 1.54) is 24.3 Å². The van der Waals surface area contributed by atoms with Crippen molar-refractivity contribution in [2.24, 2.45) is 0 Å². The van der Waals surface area contributed by atoms with Crippen LogP contribution in [0.15, 0.2) is 59.5 Å². The molecule has 0 bridgehead atoms. The zero-order valence-corrected chi connectivity index (χ0v) is 14.1. The van der Waals surface area contributed by atoms with Gasteiger partial charge in [-0.1, -0.05) is 46.3 Å². The predicted molar refractivity (Wildman–Crippen MR) is 93.6 cm³/mol. The van der Waals surface area contributed by atoms with Crippen molar-refractivity contribution >= 4 is 45.0 Å². The van der Waals surface area contributed by atoms with Crippen LogP contribution in [-0.4, -0.2) is 15.2 Å². The monoisotopic (exact) mass is 379 g/mol. The maximum absolute atomic E-state index is 12.5. The first-order valence-corrected chi connectivity index (χ1v) is 8.49. The van der Waals surface area contributed by atoms with E-state index < -0.39 is 17.0 Å². The van der Waals surface area contributed by atoms with Gasteiger partial charge in [-0.3, -0.25) is 4.79 Å². The Bertz CT molecular complexity index is 996. The Labute approximate surface area is 149 Å². The molecular weight excluding hydrogens is 369 g/mol. The Kier molecular flexibility index (Phi) is 4.98. The number of phenols is 1. The Hall–Kier alpha value is -2.48. The summed E-state index contributed by atoms with van der Waals surface area (Å²) >= 11 is 3.68. The average Bonchev–Trinajstić information content (AvgIpc) is 2.63. The maximum atomic E-state index is 12.5. The molecule has 3 rings (SSSR count). The molecule has 0 saturated heterocycles. The van der Waals surface area contributed by atoms with Crippen molar-refractivity contribution in [1.29, 1.82) is 0 Å². The van der Waals surface area contributed by atoms with Gasteiger partial charge in [0.2, 0.25) is 11.1 Å². The third-order valence-corrected chi connectivity index (χ3v) is 4.66. The second-order valence-corrected chi connectivity index (χ2v) is 6.55. The van der Waals surface area contributed by atoms with Crippen LogP contribution in [0.2, 0.25) is 5.02 Å². The molecule has 0 saturated carbocycles. The van der Waals surface area contributed by atoms with Gasteiger partial charge in [0.05, 0.1) is 21.2 Å². The summed E-state index contributed by atoms with van der Waals surface area (Å²) in [5.74, 6) is -0.784. The van der Waals surface area contributed by atoms with Gasteiger partial charge in [0.25, 0.3) is 5.91 Å². The van der Waals surface area contributed by atoms with Gasteiger partial charge in [-0.05, 0) is 34.2 Å². The van der Waals surface area contributed by atoms with Crippen molar-refractivity contribution in [2.45, 2.75) is 4.90 Å². The highest BCUT2D eigenvalue weighted by Crippen LogP contribution is 2.30. The van der Waals surface area contributed by atoms with Gasteiger partial charge in [-0.2, -0.15) is 0 Å². The summed E-state index contributed by atoms with van der Waals surface area (Å²) in [6, 6.07) is 14.1. The molecule has 0 fully saturated rings. The number of nitrogens with one attached hydrogen (secondary N) is 1. The standard InChI is InChI=1S/C17H11ClFNO4S/c18-14-8-6-11(25(23)24-19)9-15(14)20-17(22)13-7-5-10-3-1-2-4-12(10)16(13)21/h1-9,21H,(H,20,22)/t25-/m1/s1. The smallest absolute Gasteiger partial charge is 0.259 e. The number of rotatable bonds is 4. The lowest BCUT2D eigenvalue weighted by molar-refractivity contribution is 0.0125. The molecule has 2 N–H and O–H groups in total. The van der Waals surface area contributed by atoms with Crippen molar-refractivity contribution in [3.63, 3.8) is 0 Å². The zero-order valence-electron chi connectivity index (χ0n) is 12.5. The van der Waals surface area contributed by atoms with E-state index in [-0.39, 0.29) is 26.9 Å². The lowest BCUT2D eigenvalue weighted by Gasteiger charge is -2.11. The largest absolute Gasteiger partial charge is 0.506 e. The molecular formula is C17H11ClFNO4S. The Morgan fingerprint density at radius 2 is 1.92 bits per heavy atom. The van der Waals surface area contributed by atoms with Crippen LogP contribution in [0.5, 0.6) is 5.75 Å². The summed E-state index contributed by atoms with van der Waals surface area (Å²) in [5.41, 5.74) is 0.158. The van der Waals surface area contributed by atoms with Crippen molar-refractivity contribution in [3.05, 3.63) is 65.2 Å². The molecule has 0 aromatic heterocycles. The van der Waals surface area contributed by atoms with E-state index in [0.29, 0.717) is 5.39 Å². The first kappa shape index (κ1) is 17.3. The number of fused-ring (bicyclic) bond motifs is 1. The van der Waals surface area contributed by atoms with E-state index in [9.17, 15) is 18.6 Å². The Morgan fingerprint density at radius 1 is 1.16 bits per heavy atom.